The normalized spacial score (nSPS) is 10.8. The zero-order valence-electron chi connectivity index (χ0n) is 18.2. The van der Waals surface area contributed by atoms with E-state index in [0.29, 0.717) is 27.8 Å². The molecule has 0 bridgehead atoms. The summed E-state index contributed by atoms with van der Waals surface area (Å²) in [6.07, 6.45) is 1.36. The van der Waals surface area contributed by atoms with Crippen molar-refractivity contribution < 1.29 is 28.5 Å². The molecule has 0 radical (unpaired) electrons. The van der Waals surface area contributed by atoms with Crippen LogP contribution >= 0.6 is 11.3 Å². The molecule has 2 aromatic rings. The summed E-state index contributed by atoms with van der Waals surface area (Å²) in [4.78, 5) is 26.1. The first-order chi connectivity index (χ1) is 14.8. The number of methoxy groups -OCH3 is 3. The van der Waals surface area contributed by atoms with E-state index in [2.05, 4.69) is 5.32 Å². The van der Waals surface area contributed by atoms with Crippen LogP contribution in [-0.2, 0) is 9.53 Å². The maximum Gasteiger partial charge on any atom is 0.341 e. The predicted molar refractivity (Wildman–Crippen MR) is 118 cm³/mol. The topological polar surface area (TPSA) is 107 Å². The van der Waals surface area contributed by atoms with Gasteiger partial charge in [0.05, 0.1) is 39.1 Å². The van der Waals surface area contributed by atoms with Crippen LogP contribution in [0.4, 0.5) is 5.00 Å². The number of hydrogen-bond acceptors (Lipinski definition) is 8. The Kier molecular flexibility index (Phi) is 8.05. The second kappa shape index (κ2) is 10.5. The van der Waals surface area contributed by atoms with Gasteiger partial charge in [-0.05, 0) is 32.4 Å². The van der Waals surface area contributed by atoms with Gasteiger partial charge in [0.2, 0.25) is 0 Å². The van der Waals surface area contributed by atoms with Gasteiger partial charge in [-0.15, -0.1) is 11.3 Å². The van der Waals surface area contributed by atoms with E-state index < -0.39 is 11.9 Å². The van der Waals surface area contributed by atoms with E-state index in [1.165, 1.54) is 38.7 Å². The van der Waals surface area contributed by atoms with Crippen LogP contribution in [-0.4, -0.2) is 39.8 Å². The van der Waals surface area contributed by atoms with Gasteiger partial charge in [0.25, 0.3) is 5.91 Å². The van der Waals surface area contributed by atoms with Crippen LogP contribution in [0.25, 0.3) is 6.08 Å². The second-order valence-corrected chi connectivity index (χ2v) is 7.50. The number of aryl methyl sites for hydroxylation is 1. The second-order valence-electron chi connectivity index (χ2n) is 6.28. The number of thiophene rings is 1. The van der Waals surface area contributed by atoms with Crippen molar-refractivity contribution in [2.24, 2.45) is 0 Å². The van der Waals surface area contributed by atoms with E-state index in [-0.39, 0.29) is 17.7 Å². The lowest BCUT2D eigenvalue weighted by Gasteiger charge is -2.13. The molecule has 0 fully saturated rings. The van der Waals surface area contributed by atoms with Crippen LogP contribution in [0, 0.1) is 25.2 Å². The average molecular weight is 445 g/mol. The minimum Gasteiger partial charge on any atom is -0.496 e. The molecular weight excluding hydrogens is 420 g/mol. The lowest BCUT2D eigenvalue weighted by atomic mass is 10.1. The number of benzene rings is 1. The lowest BCUT2D eigenvalue weighted by Crippen LogP contribution is -2.16. The molecule has 164 valence electrons. The predicted octanol–water partition coefficient (Wildman–Crippen LogP) is 4.11. The maximum absolute atomic E-state index is 12.9. The van der Waals surface area contributed by atoms with Crippen LogP contribution < -0.4 is 19.5 Å². The molecule has 1 heterocycles. The first-order valence-electron chi connectivity index (χ1n) is 9.31. The summed E-state index contributed by atoms with van der Waals surface area (Å²) < 4.78 is 21.0. The fourth-order valence-electron chi connectivity index (χ4n) is 2.80. The number of rotatable bonds is 8. The quantitative estimate of drug-likeness (QED) is 0.371. The smallest absolute Gasteiger partial charge is 0.341 e. The Balaban J connectivity index is 2.47. The molecule has 1 N–H and O–H groups in total. The van der Waals surface area contributed by atoms with Crippen molar-refractivity contribution in [1.82, 2.24) is 0 Å². The largest absolute Gasteiger partial charge is 0.496 e. The van der Waals surface area contributed by atoms with Crippen molar-refractivity contribution in [2.45, 2.75) is 20.8 Å². The average Bonchev–Trinajstić information content (AvgIpc) is 3.04. The summed E-state index contributed by atoms with van der Waals surface area (Å²) >= 11 is 1.24. The Morgan fingerprint density at radius 2 is 1.74 bits per heavy atom. The number of esters is 1. The van der Waals surface area contributed by atoms with Gasteiger partial charge >= 0.3 is 5.97 Å². The van der Waals surface area contributed by atoms with Gasteiger partial charge in [0, 0.05) is 17.0 Å². The Morgan fingerprint density at radius 1 is 1.13 bits per heavy atom. The van der Waals surface area contributed by atoms with Gasteiger partial charge in [-0.3, -0.25) is 4.79 Å². The van der Waals surface area contributed by atoms with Crippen LogP contribution in [0.3, 0.4) is 0 Å². The summed E-state index contributed by atoms with van der Waals surface area (Å²) in [5.41, 5.74) is 1.22. The molecule has 1 amide bonds. The first-order valence-corrected chi connectivity index (χ1v) is 10.1. The van der Waals surface area contributed by atoms with E-state index in [0.717, 1.165) is 10.4 Å². The molecule has 0 saturated carbocycles. The van der Waals surface area contributed by atoms with Gasteiger partial charge in [0.15, 0.2) is 0 Å². The molecule has 0 aliphatic heterocycles. The van der Waals surface area contributed by atoms with Crippen molar-refractivity contribution in [3.8, 4) is 23.3 Å². The summed E-state index contributed by atoms with van der Waals surface area (Å²) in [7, 11) is 4.42. The number of ether oxygens (including phenoxy) is 4. The van der Waals surface area contributed by atoms with Crippen molar-refractivity contribution in [3.05, 3.63) is 39.3 Å². The summed E-state index contributed by atoms with van der Waals surface area (Å²) in [5.74, 6) is 0.0332. The molecule has 0 aliphatic rings. The molecule has 1 aromatic carbocycles. The Bertz CT molecular complexity index is 1040. The molecule has 0 saturated heterocycles. The minimum absolute atomic E-state index is 0.194. The molecule has 0 atom stereocenters. The van der Waals surface area contributed by atoms with Crippen molar-refractivity contribution in [3.63, 3.8) is 0 Å². The van der Waals surface area contributed by atoms with Crippen molar-refractivity contribution in [1.29, 1.82) is 5.26 Å². The fraction of sp³-hybridized carbons (Fsp3) is 0.318. The van der Waals surface area contributed by atoms with Gasteiger partial charge in [-0.2, -0.15) is 5.26 Å². The lowest BCUT2D eigenvalue weighted by molar-refractivity contribution is -0.112. The molecule has 0 spiro atoms. The van der Waals surface area contributed by atoms with Crippen LogP contribution in [0.2, 0.25) is 0 Å². The molecule has 31 heavy (non-hydrogen) atoms. The Morgan fingerprint density at radius 3 is 2.23 bits per heavy atom. The van der Waals surface area contributed by atoms with E-state index in [9.17, 15) is 14.9 Å². The Hall–Kier alpha value is -3.51. The third-order valence-electron chi connectivity index (χ3n) is 4.50. The highest BCUT2D eigenvalue weighted by Crippen LogP contribution is 2.36. The number of amides is 1. The third kappa shape index (κ3) is 5.16. The maximum atomic E-state index is 12.9. The van der Waals surface area contributed by atoms with Gasteiger partial charge in [-0.1, -0.05) is 0 Å². The van der Waals surface area contributed by atoms with E-state index >= 15 is 0 Å². The number of hydrogen-bond donors (Lipinski definition) is 1. The van der Waals surface area contributed by atoms with Crippen LogP contribution in [0.15, 0.2) is 17.7 Å². The zero-order chi connectivity index (χ0) is 23.1. The van der Waals surface area contributed by atoms with E-state index in [1.54, 1.807) is 26.0 Å². The van der Waals surface area contributed by atoms with Gasteiger partial charge < -0.3 is 24.3 Å². The zero-order valence-corrected chi connectivity index (χ0v) is 19.1. The number of nitrogens with one attached hydrogen (secondary N) is 1. The van der Waals surface area contributed by atoms with Crippen molar-refractivity contribution in [2.75, 3.05) is 33.3 Å². The molecule has 9 heteroatoms. The molecule has 0 aliphatic carbocycles. The molecule has 8 nitrogen and oxygen atoms in total. The summed E-state index contributed by atoms with van der Waals surface area (Å²) in [5, 5.41) is 12.6. The molecule has 2 rings (SSSR count). The number of carbonyl (C=O) groups is 2. The van der Waals surface area contributed by atoms with Crippen molar-refractivity contribution >= 4 is 34.3 Å². The summed E-state index contributed by atoms with van der Waals surface area (Å²) in [6, 6.07) is 5.13. The van der Waals surface area contributed by atoms with Crippen LogP contribution in [0.1, 0.15) is 33.3 Å². The van der Waals surface area contributed by atoms with E-state index in [1.807, 2.05) is 13.0 Å². The minimum atomic E-state index is -0.672. The number of nitrogens with zero attached hydrogens (tertiary/aromatic N) is 1. The monoisotopic (exact) mass is 444 g/mol. The summed E-state index contributed by atoms with van der Waals surface area (Å²) in [6.45, 7) is 5.53. The van der Waals surface area contributed by atoms with Crippen LogP contribution in [0.5, 0.6) is 17.2 Å². The molecular formula is C22H24N2O6S. The molecule has 1 aromatic heterocycles. The Labute approximate surface area is 185 Å². The first kappa shape index (κ1) is 23.8. The highest BCUT2D eigenvalue weighted by molar-refractivity contribution is 7.16. The third-order valence-corrected chi connectivity index (χ3v) is 5.62. The number of anilines is 1. The van der Waals surface area contributed by atoms with Gasteiger partial charge in [0.1, 0.15) is 33.9 Å². The van der Waals surface area contributed by atoms with E-state index in [4.69, 9.17) is 18.9 Å². The number of carbonyl (C=O) groups excluding carboxylic acids is 2. The standard InChI is InChI=1S/C22H24N2O6S/c1-7-30-22(26)19-12(2)13(3)31-21(19)24-20(25)14(11-23)8-16-17(28-5)9-15(27-4)10-18(16)29-6/h8-10H,7H2,1-6H3,(H,24,25)/b14-8+. The highest BCUT2D eigenvalue weighted by Gasteiger charge is 2.23. The SMILES string of the molecule is CCOC(=O)c1c(NC(=O)/C(C#N)=C/c2c(OC)cc(OC)cc2OC)sc(C)c1C. The number of nitriles is 1. The fourth-order valence-corrected chi connectivity index (χ4v) is 3.85. The van der Waals surface area contributed by atoms with Gasteiger partial charge in [-0.25, -0.2) is 4.79 Å². The molecule has 0 unspecified atom stereocenters. The highest BCUT2D eigenvalue weighted by atomic mass is 32.1.